The molecule has 0 aromatic carbocycles. The van der Waals surface area contributed by atoms with Crippen molar-refractivity contribution in [1.29, 1.82) is 0 Å². The highest BCUT2D eigenvalue weighted by Gasteiger charge is 2.36. The van der Waals surface area contributed by atoms with Gasteiger partial charge < -0.3 is 5.73 Å². The molecule has 2 unspecified atom stereocenters. The Kier molecular flexibility index (Phi) is 5.73. The first-order valence-corrected chi connectivity index (χ1v) is 8.91. The normalized spacial score (nSPS) is 26.2. The van der Waals surface area contributed by atoms with E-state index in [-0.39, 0.29) is 5.41 Å². The maximum absolute atomic E-state index is 6.59. The number of aryl methyl sites for hydroxylation is 2. The van der Waals surface area contributed by atoms with E-state index >= 15 is 0 Å². The Morgan fingerprint density at radius 3 is 2.71 bits per heavy atom. The summed E-state index contributed by atoms with van der Waals surface area (Å²) >= 11 is 6.59. The lowest BCUT2D eigenvalue weighted by atomic mass is 9.66. The third kappa shape index (κ3) is 3.45. The third-order valence-corrected chi connectivity index (χ3v) is 5.72. The molecule has 2 atom stereocenters. The van der Waals surface area contributed by atoms with Crippen molar-refractivity contribution in [1.82, 2.24) is 9.78 Å². The van der Waals surface area contributed by atoms with Gasteiger partial charge in [-0.3, -0.25) is 4.68 Å². The van der Waals surface area contributed by atoms with Gasteiger partial charge in [0.05, 0.1) is 16.4 Å². The Bertz CT molecular complexity index is 469. The van der Waals surface area contributed by atoms with E-state index in [0.29, 0.717) is 0 Å². The van der Waals surface area contributed by atoms with Gasteiger partial charge in [-0.25, -0.2) is 0 Å². The molecule has 3 nitrogen and oxygen atoms in total. The zero-order chi connectivity index (χ0) is 15.5. The summed E-state index contributed by atoms with van der Waals surface area (Å²) in [5.41, 5.74) is 8.67. The molecule has 1 aromatic rings. The van der Waals surface area contributed by atoms with E-state index in [0.717, 1.165) is 42.6 Å². The third-order valence-electron chi connectivity index (χ3n) is 5.29. The topological polar surface area (TPSA) is 43.8 Å². The molecule has 120 valence electrons. The number of hydrogen-bond acceptors (Lipinski definition) is 2. The molecule has 1 aromatic heterocycles. The van der Waals surface area contributed by atoms with Gasteiger partial charge in [-0.05, 0) is 50.5 Å². The smallest absolute Gasteiger partial charge is 0.0850 e. The van der Waals surface area contributed by atoms with Crippen LogP contribution < -0.4 is 5.73 Å². The van der Waals surface area contributed by atoms with Crippen LogP contribution >= 0.6 is 11.6 Å². The summed E-state index contributed by atoms with van der Waals surface area (Å²) in [5, 5.41) is 5.54. The number of rotatable bonds is 6. The van der Waals surface area contributed by atoms with Crippen molar-refractivity contribution in [2.24, 2.45) is 17.1 Å². The number of nitrogens with two attached hydrogens (primary N) is 1. The van der Waals surface area contributed by atoms with Crippen LogP contribution in [0, 0.1) is 11.3 Å². The van der Waals surface area contributed by atoms with Crippen molar-refractivity contribution in [2.75, 3.05) is 6.54 Å². The predicted molar refractivity (Wildman–Crippen MR) is 89.7 cm³/mol. The van der Waals surface area contributed by atoms with E-state index in [4.69, 9.17) is 17.3 Å². The van der Waals surface area contributed by atoms with Crippen molar-refractivity contribution in [3.8, 4) is 0 Å². The molecular weight excluding hydrogens is 282 g/mol. The Morgan fingerprint density at radius 2 is 2.14 bits per heavy atom. The van der Waals surface area contributed by atoms with E-state index in [1.165, 1.54) is 37.8 Å². The second-order valence-corrected chi connectivity index (χ2v) is 7.01. The summed E-state index contributed by atoms with van der Waals surface area (Å²) < 4.78 is 2.09. The average molecular weight is 312 g/mol. The Hall–Kier alpha value is -0.540. The molecule has 0 aliphatic heterocycles. The van der Waals surface area contributed by atoms with Crippen LogP contribution in [0.2, 0.25) is 5.02 Å². The van der Waals surface area contributed by atoms with E-state index in [2.05, 4.69) is 30.6 Å². The van der Waals surface area contributed by atoms with Crippen molar-refractivity contribution < 1.29 is 0 Å². The molecule has 0 amide bonds. The first-order valence-electron chi connectivity index (χ1n) is 8.53. The molecule has 4 heteroatoms. The first-order chi connectivity index (χ1) is 10.1. The van der Waals surface area contributed by atoms with Crippen molar-refractivity contribution >= 4 is 11.6 Å². The molecule has 1 aliphatic rings. The molecule has 2 N–H and O–H groups in total. The van der Waals surface area contributed by atoms with Crippen molar-refractivity contribution in [3.05, 3.63) is 16.4 Å². The van der Waals surface area contributed by atoms with Crippen LogP contribution in [0.4, 0.5) is 0 Å². The Morgan fingerprint density at radius 1 is 1.38 bits per heavy atom. The lowest BCUT2D eigenvalue weighted by Crippen LogP contribution is -2.38. The molecule has 2 rings (SSSR count). The van der Waals surface area contributed by atoms with Crippen LogP contribution in [0.1, 0.15) is 64.3 Å². The molecule has 0 radical (unpaired) electrons. The monoisotopic (exact) mass is 311 g/mol. The molecule has 21 heavy (non-hydrogen) atoms. The van der Waals surface area contributed by atoms with Crippen LogP contribution in [0.5, 0.6) is 0 Å². The van der Waals surface area contributed by atoms with Gasteiger partial charge >= 0.3 is 0 Å². The molecule has 1 fully saturated rings. The fourth-order valence-electron chi connectivity index (χ4n) is 3.89. The van der Waals surface area contributed by atoms with Gasteiger partial charge in [0.15, 0.2) is 0 Å². The molecule has 0 saturated heterocycles. The fraction of sp³-hybridized carbons (Fsp3) is 0.824. The molecular formula is C17H30ClN3. The lowest BCUT2D eigenvalue weighted by molar-refractivity contribution is 0.139. The van der Waals surface area contributed by atoms with E-state index in [1.807, 2.05) is 0 Å². The molecule has 0 bridgehead atoms. The summed E-state index contributed by atoms with van der Waals surface area (Å²) in [4.78, 5) is 0. The Labute approximate surface area is 134 Å². The van der Waals surface area contributed by atoms with Crippen molar-refractivity contribution in [3.63, 3.8) is 0 Å². The van der Waals surface area contributed by atoms with Gasteiger partial charge in [-0.2, -0.15) is 5.10 Å². The highest BCUT2D eigenvalue weighted by Crippen LogP contribution is 2.43. The number of nitrogens with zero attached hydrogens (tertiary/aromatic N) is 2. The van der Waals surface area contributed by atoms with Crippen LogP contribution in [0.3, 0.4) is 0 Å². The lowest BCUT2D eigenvalue weighted by Gasteiger charge is -2.40. The number of aromatic nitrogens is 2. The summed E-state index contributed by atoms with van der Waals surface area (Å²) in [7, 11) is 0. The van der Waals surface area contributed by atoms with E-state index < -0.39 is 0 Å². The second-order valence-electron chi connectivity index (χ2n) is 6.63. The number of hydrogen-bond donors (Lipinski definition) is 1. The van der Waals surface area contributed by atoms with Gasteiger partial charge in [0.25, 0.3) is 0 Å². The largest absolute Gasteiger partial charge is 0.330 e. The predicted octanol–water partition coefficient (Wildman–Crippen LogP) is 4.21. The van der Waals surface area contributed by atoms with Crippen LogP contribution in [-0.4, -0.2) is 16.3 Å². The minimum absolute atomic E-state index is 0.223. The minimum atomic E-state index is 0.223. The van der Waals surface area contributed by atoms with Crippen LogP contribution in [-0.2, 0) is 19.4 Å². The van der Waals surface area contributed by atoms with Gasteiger partial charge in [0, 0.05) is 6.54 Å². The summed E-state index contributed by atoms with van der Waals surface area (Å²) in [6.45, 7) is 8.19. The first kappa shape index (κ1) is 16.8. The highest BCUT2D eigenvalue weighted by molar-refractivity contribution is 6.31. The summed E-state index contributed by atoms with van der Waals surface area (Å²) in [6, 6.07) is 0. The van der Waals surface area contributed by atoms with Crippen LogP contribution in [0.25, 0.3) is 0 Å². The van der Waals surface area contributed by atoms with Crippen LogP contribution in [0.15, 0.2) is 0 Å². The molecule has 0 spiro atoms. The fourth-order valence-corrected chi connectivity index (χ4v) is 4.23. The van der Waals surface area contributed by atoms with E-state index in [1.54, 1.807) is 0 Å². The minimum Gasteiger partial charge on any atom is -0.330 e. The average Bonchev–Trinajstić information content (AvgIpc) is 2.83. The molecule has 1 saturated carbocycles. The second kappa shape index (κ2) is 7.15. The van der Waals surface area contributed by atoms with Gasteiger partial charge in [0.2, 0.25) is 0 Å². The van der Waals surface area contributed by atoms with Gasteiger partial charge in [-0.15, -0.1) is 0 Å². The Balaban J connectivity index is 2.27. The summed E-state index contributed by atoms with van der Waals surface area (Å²) in [6.07, 6.45) is 8.28. The van der Waals surface area contributed by atoms with Gasteiger partial charge in [0.1, 0.15) is 0 Å². The quantitative estimate of drug-likeness (QED) is 0.855. The SMILES string of the molecule is CCc1nn(CC)c(CC2(CN)CCCC(CC)C2)c1Cl. The van der Waals surface area contributed by atoms with E-state index in [9.17, 15) is 0 Å². The summed E-state index contributed by atoms with van der Waals surface area (Å²) in [5.74, 6) is 0.824. The molecule has 1 aliphatic carbocycles. The number of halogens is 1. The maximum Gasteiger partial charge on any atom is 0.0850 e. The zero-order valence-corrected chi connectivity index (χ0v) is 14.5. The van der Waals surface area contributed by atoms with Crippen molar-refractivity contribution in [2.45, 2.75) is 72.3 Å². The maximum atomic E-state index is 6.59. The zero-order valence-electron chi connectivity index (χ0n) is 13.8. The molecule has 1 heterocycles. The standard InChI is InChI=1S/C17H30ClN3/c1-4-13-8-7-9-17(10-13,12-19)11-15-16(18)14(5-2)20-21(15)6-3/h13H,4-12,19H2,1-3H3. The highest BCUT2D eigenvalue weighted by atomic mass is 35.5. The van der Waals surface area contributed by atoms with Gasteiger partial charge in [-0.1, -0.05) is 44.7 Å².